The Morgan fingerprint density at radius 2 is 1.60 bits per heavy atom. The van der Waals surface area contributed by atoms with E-state index in [2.05, 4.69) is 5.34 Å². The van der Waals surface area contributed by atoms with Gasteiger partial charge < -0.3 is 43.6 Å². The number of hydrogen-bond donors (Lipinski definition) is 2. The monoisotopic (exact) mass is 943 g/mol. The zero-order valence-electron chi connectivity index (χ0n) is 41.4. The standard InChI is InChI=1S/C51H78N2O14/c1-30-16-12-11-13-17-31(2)42(62-8)28-38-21-19-36(7)51(60,66-38)48(57)49(58)53-23-15-14-18-39(53)50(59)65-43(33(4)26-37-20-22-41(67-52-61)44(27-37)63-9)29-40(54)32(3)25-35(6)46(56)47(64-10)45(55)34(5)24-30/h11-13,16-17,25,30,32-34,36-39,41-44,46-47,56,60H,14-15,18-24,26-29H2,1-10H3/b13-11+,16-12+,31-17+,35-25+/t30-,32-,33-,34-,36-,37+,38+,39+,41-,42+,43?,44-,46-,47+,51-/m1/s1. The number of cyclic esters (lactones) is 1. The van der Waals surface area contributed by atoms with Crippen molar-refractivity contribution >= 4 is 29.2 Å². The average Bonchev–Trinajstić information content (AvgIpc) is 3.30. The van der Waals surface area contributed by atoms with Gasteiger partial charge in [0.25, 0.3) is 11.7 Å². The van der Waals surface area contributed by atoms with Crippen molar-refractivity contribution in [3.05, 3.63) is 52.5 Å². The third kappa shape index (κ3) is 14.8. The number of Topliss-reactive ketones (excluding diaryl/α,β-unsaturated/α-hetero) is 3. The number of fused-ring (bicyclic) bond motifs is 3. The van der Waals surface area contributed by atoms with Crippen LogP contribution in [0.5, 0.6) is 0 Å². The number of rotatable bonds is 8. The molecular weight excluding hydrogens is 865 g/mol. The lowest BCUT2D eigenvalue weighted by Crippen LogP contribution is -2.61. The Kier molecular flexibility index (Phi) is 21.7. The van der Waals surface area contributed by atoms with Crippen molar-refractivity contribution in [1.82, 2.24) is 4.90 Å². The van der Waals surface area contributed by atoms with Gasteiger partial charge in [0.2, 0.25) is 5.79 Å². The molecule has 3 aliphatic heterocycles. The fraction of sp³-hybridized carbons (Fsp3) is 0.745. The van der Waals surface area contributed by atoms with Gasteiger partial charge in [-0.3, -0.25) is 19.2 Å². The normalized spacial score (nSPS) is 39.4. The highest BCUT2D eigenvalue weighted by atomic mass is 16.7. The van der Waals surface area contributed by atoms with E-state index in [1.807, 2.05) is 51.2 Å². The summed E-state index contributed by atoms with van der Waals surface area (Å²) in [5.41, 5.74) is 1.24. The fourth-order valence-corrected chi connectivity index (χ4v) is 10.3. The smallest absolute Gasteiger partial charge is 0.329 e. The Hall–Kier alpha value is -3.93. The molecule has 3 heterocycles. The fourth-order valence-electron chi connectivity index (χ4n) is 10.3. The summed E-state index contributed by atoms with van der Waals surface area (Å²) in [5.74, 6) is -8.23. The summed E-state index contributed by atoms with van der Waals surface area (Å²) >= 11 is 0. The first kappa shape index (κ1) is 55.7. The molecule has 1 aliphatic carbocycles. The number of carbonyl (C=O) groups is 5. The number of esters is 1. The Bertz CT molecular complexity index is 1830. The van der Waals surface area contributed by atoms with Gasteiger partial charge in [0, 0.05) is 58.5 Å². The third-order valence-electron chi connectivity index (χ3n) is 14.6. The van der Waals surface area contributed by atoms with Crippen LogP contribution in [0.1, 0.15) is 126 Å². The van der Waals surface area contributed by atoms with Crippen LogP contribution in [0, 0.1) is 40.4 Å². The molecule has 1 unspecified atom stereocenters. The van der Waals surface area contributed by atoms with Gasteiger partial charge in [-0.05, 0) is 107 Å². The highest BCUT2D eigenvalue weighted by molar-refractivity contribution is 6.39. The Balaban J connectivity index is 1.70. The maximum Gasteiger partial charge on any atom is 0.329 e. The minimum absolute atomic E-state index is 0.00922. The van der Waals surface area contributed by atoms with E-state index in [9.17, 15) is 39.1 Å². The van der Waals surface area contributed by atoms with Gasteiger partial charge in [0.05, 0.1) is 18.3 Å². The molecule has 2 saturated heterocycles. The summed E-state index contributed by atoms with van der Waals surface area (Å²) in [5, 5.41) is 26.0. The predicted octanol–water partition coefficient (Wildman–Crippen LogP) is 6.89. The lowest BCUT2D eigenvalue weighted by molar-refractivity contribution is -0.265. The minimum atomic E-state index is -2.44. The summed E-state index contributed by atoms with van der Waals surface area (Å²) in [6.07, 6.45) is 10.8. The van der Waals surface area contributed by atoms with Crippen molar-refractivity contribution < 1.29 is 62.7 Å². The summed E-state index contributed by atoms with van der Waals surface area (Å²) in [7, 11) is 4.48. The van der Waals surface area contributed by atoms with Gasteiger partial charge in [0.15, 0.2) is 17.2 Å². The lowest BCUT2D eigenvalue weighted by Gasteiger charge is -2.42. The van der Waals surface area contributed by atoms with E-state index in [1.54, 1.807) is 40.9 Å². The van der Waals surface area contributed by atoms with Crippen LogP contribution in [-0.2, 0) is 52.5 Å². The molecule has 0 aromatic rings. The number of aliphatic hydroxyl groups excluding tert-OH is 1. The van der Waals surface area contributed by atoms with Gasteiger partial charge in [-0.1, -0.05) is 71.1 Å². The second kappa shape index (κ2) is 26.2. The molecule has 0 radical (unpaired) electrons. The molecule has 0 spiro atoms. The Labute approximate surface area is 397 Å². The van der Waals surface area contributed by atoms with Crippen LogP contribution in [0.25, 0.3) is 0 Å². The molecule has 4 rings (SSSR count). The van der Waals surface area contributed by atoms with Crippen LogP contribution in [0.2, 0.25) is 0 Å². The number of amides is 1. The van der Waals surface area contributed by atoms with Crippen LogP contribution in [0.3, 0.4) is 0 Å². The Morgan fingerprint density at radius 3 is 2.27 bits per heavy atom. The van der Waals surface area contributed by atoms with Crippen molar-refractivity contribution in [2.75, 3.05) is 27.9 Å². The van der Waals surface area contributed by atoms with Crippen molar-refractivity contribution in [3.63, 3.8) is 0 Å². The number of ketones is 3. The van der Waals surface area contributed by atoms with Gasteiger partial charge in [-0.25, -0.2) is 4.79 Å². The highest BCUT2D eigenvalue weighted by Crippen LogP contribution is 2.38. The van der Waals surface area contributed by atoms with Crippen molar-refractivity contribution in [2.24, 2.45) is 40.8 Å². The minimum Gasteiger partial charge on any atom is -0.460 e. The SMILES string of the molecule is CO[C@H]1C[C@@H]2CC[C@@H](C)[C@@](O)(O2)C(=O)C(=O)N2CCCC[C@H]2C(=O)OC([C@H](C)C[C@@H]2CC[C@@H](ON=O)[C@H](OC)C2)CC(=O)[C@H](C)/C=C(\C)[C@@H](O)[C@@H](OC)C(=O)[C@H](C)C[C@H](C)/C=C/C=C/C=C/1C. The number of hydrogen-bond acceptors (Lipinski definition) is 15. The molecule has 1 saturated carbocycles. The van der Waals surface area contributed by atoms with E-state index >= 15 is 0 Å². The Morgan fingerprint density at radius 1 is 0.866 bits per heavy atom. The molecule has 0 aromatic carbocycles. The number of allylic oxidation sites excluding steroid dienone is 6. The summed E-state index contributed by atoms with van der Waals surface area (Å²) in [4.78, 5) is 87.9. The highest BCUT2D eigenvalue weighted by Gasteiger charge is 2.53. The molecule has 1 amide bonds. The van der Waals surface area contributed by atoms with Gasteiger partial charge in [0.1, 0.15) is 30.1 Å². The average molecular weight is 943 g/mol. The van der Waals surface area contributed by atoms with Crippen LogP contribution in [-0.4, -0.2) is 127 Å². The molecule has 15 atom stereocenters. The molecule has 4 aliphatic rings. The topological polar surface area (TPSA) is 214 Å². The lowest BCUT2D eigenvalue weighted by atomic mass is 9.78. The number of piperidine rings is 1. The zero-order valence-corrected chi connectivity index (χ0v) is 41.4. The van der Waals surface area contributed by atoms with Crippen LogP contribution < -0.4 is 0 Å². The van der Waals surface area contributed by atoms with Crippen molar-refractivity contribution in [2.45, 2.75) is 180 Å². The molecule has 376 valence electrons. The number of methoxy groups -OCH3 is 3. The van der Waals surface area contributed by atoms with Crippen LogP contribution in [0.15, 0.2) is 52.9 Å². The third-order valence-corrected chi connectivity index (χ3v) is 14.6. The van der Waals surface area contributed by atoms with Gasteiger partial charge in [-0.2, -0.15) is 0 Å². The molecule has 16 nitrogen and oxygen atoms in total. The summed E-state index contributed by atoms with van der Waals surface area (Å²) in [6, 6.07) is -1.16. The second-order valence-electron chi connectivity index (χ2n) is 19.7. The van der Waals surface area contributed by atoms with E-state index < -0.39 is 90.0 Å². The van der Waals surface area contributed by atoms with Gasteiger partial charge in [-0.15, -0.1) is 4.91 Å². The van der Waals surface area contributed by atoms with Crippen LogP contribution in [0.4, 0.5) is 0 Å². The zero-order chi connectivity index (χ0) is 49.6. The number of aliphatic hydroxyl groups is 2. The summed E-state index contributed by atoms with van der Waals surface area (Å²) < 4.78 is 29.4. The molecule has 0 aromatic heterocycles. The number of ether oxygens (including phenoxy) is 5. The van der Waals surface area contributed by atoms with E-state index in [0.29, 0.717) is 69.8 Å². The van der Waals surface area contributed by atoms with Crippen LogP contribution >= 0.6 is 0 Å². The first-order valence-electron chi connectivity index (χ1n) is 24.3. The molecule has 16 heteroatoms. The molecule has 2 N–H and O–H groups in total. The first-order valence-corrected chi connectivity index (χ1v) is 24.3. The van der Waals surface area contributed by atoms with E-state index in [0.717, 1.165) is 5.57 Å². The van der Waals surface area contributed by atoms with Gasteiger partial charge >= 0.3 is 5.97 Å². The summed E-state index contributed by atoms with van der Waals surface area (Å²) in [6.45, 7) is 12.6. The van der Waals surface area contributed by atoms with Crippen molar-refractivity contribution in [1.29, 1.82) is 0 Å². The second-order valence-corrected chi connectivity index (χ2v) is 19.7. The van der Waals surface area contributed by atoms with Crippen molar-refractivity contribution in [3.8, 4) is 0 Å². The maximum absolute atomic E-state index is 14.4. The largest absolute Gasteiger partial charge is 0.460 e. The first-order chi connectivity index (χ1) is 31.8. The molecule has 2 bridgehead atoms. The maximum atomic E-state index is 14.4. The van der Waals surface area contributed by atoms with E-state index in [-0.39, 0.29) is 48.7 Å². The molecule has 3 fully saturated rings. The van der Waals surface area contributed by atoms with E-state index in [1.165, 1.54) is 19.1 Å². The molecule has 67 heavy (non-hydrogen) atoms. The molecular formula is C51H78N2O14. The number of carbonyl (C=O) groups excluding carboxylic acids is 5. The quantitative estimate of drug-likeness (QED) is 0.0835. The predicted molar refractivity (Wildman–Crippen MR) is 250 cm³/mol. The van der Waals surface area contributed by atoms with E-state index in [4.69, 9.17) is 28.5 Å². The number of nitrogens with zero attached hydrogens (tertiary/aromatic N) is 2.